The molecule has 0 amide bonds. The largest absolute Gasteiger partial charge is 0.490 e. The van der Waals surface area contributed by atoms with Gasteiger partial charge in [0, 0.05) is 6.42 Å². The minimum Gasteiger partial charge on any atom is -0.490 e. The lowest BCUT2D eigenvalue weighted by molar-refractivity contribution is 0.369. The quantitative estimate of drug-likeness (QED) is 0.381. The van der Waals surface area contributed by atoms with Crippen LogP contribution in [0.1, 0.15) is 6.42 Å². The van der Waals surface area contributed by atoms with E-state index >= 15 is 0 Å². The zero-order valence-electron chi connectivity index (χ0n) is 7.52. The third-order valence-corrected chi connectivity index (χ3v) is 2.27. The third kappa shape index (κ3) is 7.75. The molecule has 0 aromatic carbocycles. The van der Waals surface area contributed by atoms with Crippen molar-refractivity contribution >= 4 is 25.3 Å². The minimum atomic E-state index is -1.09. The molecule has 0 aliphatic carbocycles. The Morgan fingerprint density at radius 3 is 2.45 bits per heavy atom. The van der Waals surface area contributed by atoms with Crippen molar-refractivity contribution in [2.24, 2.45) is 0 Å². The summed E-state index contributed by atoms with van der Waals surface area (Å²) in [6.07, 6.45) is 3.28. The van der Waals surface area contributed by atoms with Crippen LogP contribution in [0.5, 0.6) is 0 Å². The van der Waals surface area contributed by atoms with Gasteiger partial charge in [0.05, 0.1) is 14.3 Å². The van der Waals surface area contributed by atoms with Gasteiger partial charge in [0.15, 0.2) is 5.05 Å². The van der Waals surface area contributed by atoms with Crippen LogP contribution in [0.25, 0.3) is 0 Å². The van der Waals surface area contributed by atoms with Gasteiger partial charge in [-0.1, -0.05) is 25.7 Å². The average molecular weight is 188 g/mol. The molecule has 0 rings (SSSR count). The van der Waals surface area contributed by atoms with E-state index in [1.807, 2.05) is 0 Å². The highest BCUT2D eigenvalue weighted by Gasteiger charge is 2.14. The number of hydrogen-bond donors (Lipinski definition) is 0. The van der Waals surface area contributed by atoms with Crippen LogP contribution >= 0.6 is 12.2 Å². The Balaban J connectivity index is 3.54. The van der Waals surface area contributed by atoms with Gasteiger partial charge in [-0.05, 0) is 12.2 Å². The van der Waals surface area contributed by atoms with Crippen molar-refractivity contribution in [1.29, 1.82) is 0 Å². The highest BCUT2D eigenvalue weighted by Crippen LogP contribution is 2.02. The number of ether oxygens (including phenoxy) is 1. The molecule has 0 N–H and O–H groups in total. The Hall–Kier alpha value is -0.153. The summed E-state index contributed by atoms with van der Waals surface area (Å²) in [5, 5.41) is 0.669. The lowest BCUT2D eigenvalue weighted by Gasteiger charge is -2.16. The van der Waals surface area contributed by atoms with Crippen LogP contribution in [0.15, 0.2) is 12.7 Å². The fourth-order valence-electron chi connectivity index (χ4n) is 0.474. The van der Waals surface area contributed by atoms with E-state index in [1.165, 1.54) is 0 Å². The third-order valence-electron chi connectivity index (χ3n) is 0.977. The molecule has 0 aromatic rings. The normalized spacial score (nSPS) is 10.8. The molecule has 0 aliphatic rings. The first-order chi connectivity index (χ1) is 4.95. The van der Waals surface area contributed by atoms with Crippen molar-refractivity contribution in [2.45, 2.75) is 26.1 Å². The maximum absolute atomic E-state index is 5.37. The van der Waals surface area contributed by atoms with Crippen molar-refractivity contribution in [2.75, 3.05) is 6.23 Å². The molecule has 0 aromatic heterocycles. The summed E-state index contributed by atoms with van der Waals surface area (Å²) in [6.45, 7) is 10.3. The lowest BCUT2D eigenvalue weighted by Crippen LogP contribution is -2.29. The molecule has 0 heterocycles. The number of rotatable bonds is 4. The monoisotopic (exact) mass is 188 g/mol. The van der Waals surface area contributed by atoms with Crippen molar-refractivity contribution in [3.63, 3.8) is 0 Å². The molecule has 11 heavy (non-hydrogen) atoms. The van der Waals surface area contributed by atoms with Crippen molar-refractivity contribution in [3.8, 4) is 0 Å². The number of thiocarbonyl (C=S) groups is 1. The Kier molecular flexibility index (Phi) is 4.60. The zero-order chi connectivity index (χ0) is 8.91. The Morgan fingerprint density at radius 2 is 2.09 bits per heavy atom. The van der Waals surface area contributed by atoms with Crippen LogP contribution in [0.4, 0.5) is 0 Å². The molecule has 0 atom stereocenters. The zero-order valence-corrected chi connectivity index (χ0v) is 9.33. The first kappa shape index (κ1) is 10.8. The van der Waals surface area contributed by atoms with Crippen molar-refractivity contribution < 1.29 is 4.74 Å². The second-order valence-electron chi connectivity index (χ2n) is 3.71. The van der Waals surface area contributed by atoms with Gasteiger partial charge in [-0.3, -0.25) is 0 Å². The maximum atomic E-state index is 5.37. The molecule has 1 nitrogen and oxygen atoms in total. The topological polar surface area (TPSA) is 9.23 Å². The summed E-state index contributed by atoms with van der Waals surface area (Å²) < 4.78 is 5.37. The first-order valence-electron chi connectivity index (χ1n) is 3.72. The van der Waals surface area contributed by atoms with Crippen LogP contribution < -0.4 is 0 Å². The van der Waals surface area contributed by atoms with Crippen LogP contribution in [-0.4, -0.2) is 19.4 Å². The van der Waals surface area contributed by atoms with E-state index < -0.39 is 8.07 Å². The highest BCUT2D eigenvalue weighted by atomic mass is 32.1. The highest BCUT2D eigenvalue weighted by molar-refractivity contribution is 7.80. The minimum absolute atomic E-state index is 0.669. The molecule has 3 heteroatoms. The van der Waals surface area contributed by atoms with Gasteiger partial charge >= 0.3 is 0 Å². The summed E-state index contributed by atoms with van der Waals surface area (Å²) in [6, 6.07) is 0. The predicted molar refractivity (Wildman–Crippen MR) is 56.7 cm³/mol. The van der Waals surface area contributed by atoms with Gasteiger partial charge in [0.25, 0.3) is 0 Å². The molecule has 0 saturated carbocycles. The molecule has 0 unspecified atom stereocenters. The number of hydrogen-bond acceptors (Lipinski definition) is 2. The fourth-order valence-corrected chi connectivity index (χ4v) is 1.36. The van der Waals surface area contributed by atoms with E-state index in [2.05, 4.69) is 26.2 Å². The van der Waals surface area contributed by atoms with Gasteiger partial charge in [0.1, 0.15) is 0 Å². The summed E-state index contributed by atoms with van der Waals surface area (Å²) in [7, 11) is -1.09. The first-order valence-corrected chi connectivity index (χ1v) is 7.84. The van der Waals surface area contributed by atoms with Crippen molar-refractivity contribution in [3.05, 3.63) is 12.7 Å². The average Bonchev–Trinajstić information content (AvgIpc) is 1.83. The summed E-state index contributed by atoms with van der Waals surface area (Å²) >= 11 is 4.95. The molecule has 64 valence electrons. The van der Waals surface area contributed by atoms with E-state index in [9.17, 15) is 0 Å². The Labute approximate surface area is 75.5 Å². The van der Waals surface area contributed by atoms with Gasteiger partial charge in [-0.25, -0.2) is 0 Å². The second kappa shape index (κ2) is 4.67. The maximum Gasteiger partial charge on any atom is 0.162 e. The predicted octanol–water partition coefficient (Wildman–Crippen LogP) is 2.78. The van der Waals surface area contributed by atoms with Crippen molar-refractivity contribution in [1.82, 2.24) is 0 Å². The molecule has 0 spiro atoms. The molecular weight excluding hydrogens is 172 g/mol. The van der Waals surface area contributed by atoms with Gasteiger partial charge in [-0.2, -0.15) is 0 Å². The van der Waals surface area contributed by atoms with Crippen LogP contribution in [-0.2, 0) is 4.74 Å². The summed E-state index contributed by atoms with van der Waals surface area (Å²) in [4.78, 5) is 0. The van der Waals surface area contributed by atoms with Crippen LogP contribution in [0.2, 0.25) is 19.6 Å². The van der Waals surface area contributed by atoms with Gasteiger partial charge in [-0.15, -0.1) is 6.58 Å². The summed E-state index contributed by atoms with van der Waals surface area (Å²) in [5.41, 5.74) is 0. The molecule has 0 saturated heterocycles. The van der Waals surface area contributed by atoms with Crippen LogP contribution in [0, 0.1) is 0 Å². The van der Waals surface area contributed by atoms with Gasteiger partial charge < -0.3 is 4.74 Å². The van der Waals surface area contributed by atoms with E-state index in [4.69, 9.17) is 17.0 Å². The Bertz CT molecular complexity index is 149. The molecule has 0 aliphatic heterocycles. The molecular formula is C8H16OSSi. The standard InChI is InChI=1S/C8H16OSSi/c1-5-6-8(10)9-7-11(2,3)4/h5H,1,6-7H2,2-4H3. The Morgan fingerprint density at radius 1 is 1.55 bits per heavy atom. The molecule has 0 radical (unpaired) electrons. The summed E-state index contributed by atoms with van der Waals surface area (Å²) in [5.74, 6) is 0. The van der Waals surface area contributed by atoms with Crippen LogP contribution in [0.3, 0.4) is 0 Å². The van der Waals surface area contributed by atoms with E-state index in [-0.39, 0.29) is 0 Å². The smallest absolute Gasteiger partial charge is 0.162 e. The molecule has 0 fully saturated rings. The van der Waals surface area contributed by atoms with Gasteiger partial charge in [0.2, 0.25) is 0 Å². The van der Waals surface area contributed by atoms with E-state index in [0.29, 0.717) is 11.5 Å². The van der Waals surface area contributed by atoms with E-state index in [1.54, 1.807) is 6.08 Å². The SMILES string of the molecule is C=CCC(=S)OC[Si](C)(C)C. The fraction of sp³-hybridized carbons (Fsp3) is 0.625. The molecule has 0 bridgehead atoms. The van der Waals surface area contributed by atoms with E-state index in [0.717, 1.165) is 6.23 Å². The second-order valence-corrected chi connectivity index (χ2v) is 9.58. The lowest BCUT2D eigenvalue weighted by atomic mass is 10.5.